The first kappa shape index (κ1) is 22.2. The number of benzene rings is 1. The number of unbranched alkanes of at least 4 members (excludes halogenated alkanes) is 1. The number of carbonyl (C=O) groups excluding carboxylic acids is 5. The van der Waals surface area contributed by atoms with E-state index in [1.807, 2.05) is 5.32 Å². The molecule has 0 saturated carbocycles. The van der Waals surface area contributed by atoms with Crippen molar-refractivity contribution in [2.45, 2.75) is 44.4 Å². The molecular formula is C19H23N3O7. The van der Waals surface area contributed by atoms with Gasteiger partial charge >= 0.3 is 11.9 Å². The molecule has 10 heteroatoms. The topological polar surface area (TPSA) is 145 Å². The summed E-state index contributed by atoms with van der Waals surface area (Å²) in [6.45, 7) is 0.303. The number of hydroxylamine groups is 2. The number of hydrogen-bond donors (Lipinski definition) is 2. The molecule has 1 aliphatic rings. The number of ether oxygens (including phenoxy) is 1. The molecule has 3 amide bonds. The Morgan fingerprint density at radius 1 is 1.24 bits per heavy atom. The molecule has 1 aromatic rings. The lowest BCUT2D eigenvalue weighted by Gasteiger charge is -2.28. The minimum atomic E-state index is -1.28. The lowest BCUT2D eigenvalue weighted by Crippen LogP contribution is -2.47. The van der Waals surface area contributed by atoms with Gasteiger partial charge in [-0.1, -0.05) is 30.3 Å². The van der Waals surface area contributed by atoms with Gasteiger partial charge in [-0.15, -0.1) is 0 Å². The maximum absolute atomic E-state index is 12.7. The second kappa shape index (κ2) is 11.0. The van der Waals surface area contributed by atoms with Gasteiger partial charge in [0.05, 0.1) is 6.42 Å². The molecule has 2 atom stereocenters. The molecule has 0 radical (unpaired) electrons. The van der Waals surface area contributed by atoms with Crippen molar-refractivity contribution in [1.82, 2.24) is 10.4 Å². The monoisotopic (exact) mass is 405 g/mol. The maximum Gasteiger partial charge on any atom is 0.332 e. The van der Waals surface area contributed by atoms with Gasteiger partial charge in [0.25, 0.3) is 5.91 Å². The van der Waals surface area contributed by atoms with Gasteiger partial charge in [0.15, 0.2) is 12.1 Å². The largest absolute Gasteiger partial charge is 0.450 e. The summed E-state index contributed by atoms with van der Waals surface area (Å²) in [5.74, 6) is -3.31. The van der Waals surface area contributed by atoms with Crippen molar-refractivity contribution < 1.29 is 33.5 Å². The van der Waals surface area contributed by atoms with Gasteiger partial charge in [-0.2, -0.15) is 0 Å². The quantitative estimate of drug-likeness (QED) is 0.126. The van der Waals surface area contributed by atoms with E-state index in [2.05, 4.69) is 0 Å². The second-order valence-electron chi connectivity index (χ2n) is 6.38. The lowest BCUT2D eigenvalue weighted by atomic mass is 10.1. The molecule has 1 unspecified atom stereocenters. The molecule has 10 nitrogen and oxygen atoms in total. The Bertz CT molecular complexity index is 753. The summed E-state index contributed by atoms with van der Waals surface area (Å²) in [6, 6.07) is 7.57. The Labute approximate surface area is 167 Å². The fourth-order valence-corrected chi connectivity index (χ4v) is 2.73. The standard InChI is InChI=1S/C19H23N3O7/c20-9-5-4-8-14(19(27)29-15-10-16(24)21-18(15)26)22(17(25)11-23)28-12-13-6-2-1-3-7-13/h1-3,6-7,11,14-15H,4-5,8-10,12,20H2,(H,21,24,26)/t14-,15?/m0/s1. The fourth-order valence-electron chi connectivity index (χ4n) is 2.73. The van der Waals surface area contributed by atoms with E-state index in [-0.39, 0.29) is 25.7 Å². The molecule has 29 heavy (non-hydrogen) atoms. The summed E-state index contributed by atoms with van der Waals surface area (Å²) < 4.78 is 5.12. The Hall–Kier alpha value is -3.11. The molecule has 3 N–H and O–H groups in total. The van der Waals surface area contributed by atoms with E-state index in [9.17, 15) is 24.0 Å². The van der Waals surface area contributed by atoms with Crippen LogP contribution < -0.4 is 11.1 Å². The highest BCUT2D eigenvalue weighted by atomic mass is 16.7. The fraction of sp³-hybridized carbons (Fsp3) is 0.421. The van der Waals surface area contributed by atoms with E-state index in [4.69, 9.17) is 15.3 Å². The third kappa shape index (κ3) is 6.47. The van der Waals surface area contributed by atoms with Crippen molar-refractivity contribution >= 4 is 30.0 Å². The highest BCUT2D eigenvalue weighted by Crippen LogP contribution is 2.17. The molecule has 1 fully saturated rings. The van der Waals surface area contributed by atoms with Crippen LogP contribution in [-0.2, 0) is 40.2 Å². The molecule has 1 aromatic carbocycles. The minimum absolute atomic E-state index is 0.0278. The maximum atomic E-state index is 12.7. The number of nitrogens with two attached hydrogens (primary N) is 1. The first-order valence-electron chi connectivity index (χ1n) is 9.15. The van der Waals surface area contributed by atoms with Gasteiger partial charge in [-0.05, 0) is 31.4 Å². The predicted molar refractivity (Wildman–Crippen MR) is 98.5 cm³/mol. The highest BCUT2D eigenvalue weighted by molar-refractivity contribution is 6.23. The smallest absolute Gasteiger partial charge is 0.332 e. The predicted octanol–water partition coefficient (Wildman–Crippen LogP) is -0.398. The molecule has 156 valence electrons. The Kier molecular flexibility index (Phi) is 8.44. The number of rotatable bonds is 11. The Morgan fingerprint density at radius 2 is 1.97 bits per heavy atom. The van der Waals surface area contributed by atoms with Crippen LogP contribution in [0.4, 0.5) is 0 Å². The van der Waals surface area contributed by atoms with E-state index in [1.165, 1.54) is 0 Å². The van der Waals surface area contributed by atoms with E-state index >= 15 is 0 Å². The number of esters is 1. The molecule has 0 aromatic heterocycles. The Morgan fingerprint density at radius 3 is 2.55 bits per heavy atom. The SMILES string of the molecule is NCCCC[C@@H](C(=O)OC1CC(=O)NC1=O)N(OCc1ccccc1)C(=O)C=O. The number of carbonyl (C=O) groups is 5. The molecular weight excluding hydrogens is 382 g/mol. The normalized spacial score (nSPS) is 16.8. The molecule has 0 aliphatic carbocycles. The number of nitrogens with one attached hydrogen (secondary N) is 1. The van der Waals surface area contributed by atoms with E-state index < -0.39 is 35.8 Å². The van der Waals surface area contributed by atoms with Crippen LogP contribution in [0, 0.1) is 0 Å². The third-order valence-electron chi connectivity index (χ3n) is 4.20. The second-order valence-corrected chi connectivity index (χ2v) is 6.38. The van der Waals surface area contributed by atoms with Crippen LogP contribution in [0.2, 0.25) is 0 Å². The van der Waals surface area contributed by atoms with Crippen molar-refractivity contribution in [3.63, 3.8) is 0 Å². The average Bonchev–Trinajstić information content (AvgIpc) is 3.03. The van der Waals surface area contributed by atoms with Gasteiger partial charge < -0.3 is 10.5 Å². The summed E-state index contributed by atoms with van der Waals surface area (Å²) in [5, 5.41) is 2.69. The van der Waals surface area contributed by atoms with Crippen molar-refractivity contribution in [1.29, 1.82) is 0 Å². The Balaban J connectivity index is 2.15. The zero-order valence-corrected chi connectivity index (χ0v) is 15.7. The van der Waals surface area contributed by atoms with Crippen molar-refractivity contribution in [3.05, 3.63) is 35.9 Å². The number of amides is 3. The van der Waals surface area contributed by atoms with Crippen LogP contribution >= 0.6 is 0 Å². The molecule has 0 bridgehead atoms. The van der Waals surface area contributed by atoms with E-state index in [0.29, 0.717) is 30.0 Å². The zero-order chi connectivity index (χ0) is 21.2. The number of hydrogen-bond acceptors (Lipinski definition) is 8. The van der Waals surface area contributed by atoms with Crippen molar-refractivity contribution in [2.24, 2.45) is 5.73 Å². The molecule has 1 aliphatic heterocycles. The van der Waals surface area contributed by atoms with Gasteiger partial charge in [-0.25, -0.2) is 9.86 Å². The zero-order valence-electron chi connectivity index (χ0n) is 15.7. The number of imide groups is 1. The third-order valence-corrected chi connectivity index (χ3v) is 4.20. The highest BCUT2D eigenvalue weighted by Gasteiger charge is 2.38. The summed E-state index contributed by atoms with van der Waals surface area (Å²) in [4.78, 5) is 64.4. The first-order valence-corrected chi connectivity index (χ1v) is 9.15. The average molecular weight is 405 g/mol. The van der Waals surface area contributed by atoms with Gasteiger partial charge in [0.2, 0.25) is 12.2 Å². The summed E-state index contributed by atoms with van der Waals surface area (Å²) in [5.41, 5.74) is 6.19. The van der Waals surface area contributed by atoms with Crippen LogP contribution in [0.1, 0.15) is 31.2 Å². The van der Waals surface area contributed by atoms with Crippen molar-refractivity contribution in [3.8, 4) is 0 Å². The van der Waals surface area contributed by atoms with E-state index in [0.717, 1.165) is 0 Å². The summed E-state index contributed by atoms with van der Waals surface area (Å²) >= 11 is 0. The molecule has 0 spiro atoms. The molecule has 1 heterocycles. The summed E-state index contributed by atoms with van der Waals surface area (Å²) in [7, 11) is 0. The minimum Gasteiger partial charge on any atom is -0.450 e. The first-order chi connectivity index (χ1) is 14.0. The van der Waals surface area contributed by atoms with Crippen LogP contribution in [0.25, 0.3) is 0 Å². The van der Waals surface area contributed by atoms with Crippen LogP contribution in [-0.4, -0.2) is 53.7 Å². The molecule has 1 saturated heterocycles. The number of aldehydes is 1. The van der Waals surface area contributed by atoms with Gasteiger partial charge in [0, 0.05) is 0 Å². The van der Waals surface area contributed by atoms with Crippen LogP contribution in [0.15, 0.2) is 30.3 Å². The number of nitrogens with zero attached hydrogens (tertiary/aromatic N) is 1. The van der Waals surface area contributed by atoms with Gasteiger partial charge in [0.1, 0.15) is 6.61 Å². The lowest BCUT2D eigenvalue weighted by molar-refractivity contribution is -0.213. The van der Waals surface area contributed by atoms with Crippen LogP contribution in [0.5, 0.6) is 0 Å². The molecule has 2 rings (SSSR count). The van der Waals surface area contributed by atoms with Crippen LogP contribution in [0.3, 0.4) is 0 Å². The van der Waals surface area contributed by atoms with E-state index in [1.54, 1.807) is 30.3 Å². The summed E-state index contributed by atoms with van der Waals surface area (Å²) in [6.07, 6.45) is -0.439. The van der Waals surface area contributed by atoms with Crippen molar-refractivity contribution in [2.75, 3.05) is 6.54 Å². The van der Waals surface area contributed by atoms with Gasteiger partial charge in [-0.3, -0.25) is 29.3 Å².